The molecule has 27 heavy (non-hydrogen) atoms. The van der Waals surface area contributed by atoms with Gasteiger partial charge in [-0.1, -0.05) is 20.8 Å². The summed E-state index contributed by atoms with van der Waals surface area (Å²) in [6.07, 6.45) is 2.69. The smallest absolute Gasteiger partial charge is 0.191 e. The van der Waals surface area contributed by atoms with Crippen molar-refractivity contribution in [1.82, 2.24) is 35.2 Å². The molecule has 2 heterocycles. The molecule has 2 N–H and O–H groups in total. The van der Waals surface area contributed by atoms with Crippen LogP contribution in [0.3, 0.4) is 0 Å². The molecule has 2 rings (SSSR count). The molecular weight excluding hydrogens is 455 g/mol. The van der Waals surface area contributed by atoms with Gasteiger partial charge in [0.25, 0.3) is 0 Å². The van der Waals surface area contributed by atoms with Crippen LogP contribution in [-0.4, -0.2) is 89.9 Å². The van der Waals surface area contributed by atoms with Crippen molar-refractivity contribution in [3.63, 3.8) is 0 Å². The highest BCUT2D eigenvalue weighted by atomic mass is 127. The summed E-state index contributed by atoms with van der Waals surface area (Å²) >= 11 is 0. The van der Waals surface area contributed by atoms with Gasteiger partial charge in [0.05, 0.1) is 0 Å². The predicted molar refractivity (Wildman–Crippen MR) is 122 cm³/mol. The van der Waals surface area contributed by atoms with Gasteiger partial charge in [0.2, 0.25) is 0 Å². The molecule has 156 valence electrons. The molecule has 0 aromatic carbocycles. The zero-order chi connectivity index (χ0) is 18.9. The lowest BCUT2D eigenvalue weighted by Gasteiger charge is -2.40. The number of aromatic nitrogens is 3. The van der Waals surface area contributed by atoms with E-state index in [9.17, 15) is 0 Å². The Morgan fingerprint density at radius 1 is 1.22 bits per heavy atom. The van der Waals surface area contributed by atoms with E-state index in [0.717, 1.165) is 64.0 Å². The Labute approximate surface area is 181 Å². The molecule has 0 spiro atoms. The highest BCUT2D eigenvalue weighted by molar-refractivity contribution is 14.0. The number of nitrogens with one attached hydrogen (secondary N) is 2. The fraction of sp³-hybridized carbons (Fsp3) is 0.833. The van der Waals surface area contributed by atoms with E-state index in [1.54, 1.807) is 6.33 Å². The largest absolute Gasteiger partial charge is 0.355 e. The van der Waals surface area contributed by atoms with Crippen molar-refractivity contribution in [2.24, 2.45) is 10.9 Å². The average molecular weight is 492 g/mol. The number of likely N-dealkylation sites (N-methyl/N-ethyl adjacent to an activating group) is 1. The van der Waals surface area contributed by atoms with Gasteiger partial charge in [-0.3, -0.25) is 9.89 Å². The molecule has 1 fully saturated rings. The van der Waals surface area contributed by atoms with Crippen LogP contribution in [0.5, 0.6) is 0 Å². The second-order valence-corrected chi connectivity index (χ2v) is 7.32. The zero-order valence-electron chi connectivity index (χ0n) is 17.5. The maximum absolute atomic E-state index is 4.37. The number of guanidine groups is 1. The third-order valence-corrected chi connectivity index (χ3v) is 5.14. The van der Waals surface area contributed by atoms with Crippen molar-refractivity contribution in [2.75, 3.05) is 53.4 Å². The Bertz CT molecular complexity index is 551. The summed E-state index contributed by atoms with van der Waals surface area (Å²) in [5.41, 5.74) is 0. The van der Waals surface area contributed by atoms with Crippen molar-refractivity contribution in [3.8, 4) is 0 Å². The lowest BCUT2D eigenvalue weighted by Crippen LogP contribution is -2.55. The van der Waals surface area contributed by atoms with E-state index in [0.29, 0.717) is 12.0 Å². The molecule has 1 aliphatic heterocycles. The molecule has 1 aromatic rings. The van der Waals surface area contributed by atoms with Crippen LogP contribution in [0.2, 0.25) is 0 Å². The fourth-order valence-corrected chi connectivity index (χ4v) is 3.40. The molecule has 1 aromatic heterocycles. The molecule has 0 amide bonds. The van der Waals surface area contributed by atoms with E-state index < -0.39 is 0 Å². The maximum atomic E-state index is 4.37. The van der Waals surface area contributed by atoms with Gasteiger partial charge >= 0.3 is 0 Å². The summed E-state index contributed by atoms with van der Waals surface area (Å²) in [4.78, 5) is 9.37. The second-order valence-electron chi connectivity index (χ2n) is 7.32. The Kier molecular flexibility index (Phi) is 11.2. The number of nitrogens with zero attached hydrogens (tertiary/aromatic N) is 6. The van der Waals surface area contributed by atoms with E-state index >= 15 is 0 Å². The normalized spacial score (nSPS) is 17.6. The number of rotatable bonds is 8. The van der Waals surface area contributed by atoms with Crippen LogP contribution in [-0.2, 0) is 13.0 Å². The third kappa shape index (κ3) is 7.53. The minimum Gasteiger partial charge on any atom is -0.355 e. The van der Waals surface area contributed by atoms with Crippen LogP contribution in [0, 0.1) is 5.92 Å². The first-order valence-corrected chi connectivity index (χ1v) is 9.79. The van der Waals surface area contributed by atoms with Gasteiger partial charge in [0.15, 0.2) is 5.96 Å². The number of hydrogen-bond acceptors (Lipinski definition) is 5. The van der Waals surface area contributed by atoms with Gasteiger partial charge in [-0.15, -0.1) is 34.2 Å². The van der Waals surface area contributed by atoms with E-state index in [4.69, 9.17) is 0 Å². The second kappa shape index (κ2) is 12.5. The lowest BCUT2D eigenvalue weighted by molar-refractivity contribution is 0.0900. The molecule has 1 atom stereocenters. The Balaban J connectivity index is 0.00000364. The number of hydrogen-bond donors (Lipinski definition) is 2. The van der Waals surface area contributed by atoms with Gasteiger partial charge < -0.3 is 20.1 Å². The van der Waals surface area contributed by atoms with E-state index in [2.05, 4.69) is 68.0 Å². The van der Waals surface area contributed by atoms with E-state index in [1.165, 1.54) is 0 Å². The van der Waals surface area contributed by atoms with Crippen LogP contribution >= 0.6 is 24.0 Å². The minimum atomic E-state index is 0. The molecule has 0 bridgehead atoms. The van der Waals surface area contributed by atoms with Crippen LogP contribution in [0.25, 0.3) is 0 Å². The molecule has 0 radical (unpaired) electrons. The minimum absolute atomic E-state index is 0. The first-order chi connectivity index (χ1) is 12.5. The van der Waals surface area contributed by atoms with Gasteiger partial charge in [-0.2, -0.15) is 0 Å². The summed E-state index contributed by atoms with van der Waals surface area (Å²) in [5.74, 6) is 2.48. The Morgan fingerprint density at radius 2 is 1.93 bits per heavy atom. The summed E-state index contributed by atoms with van der Waals surface area (Å²) in [6, 6.07) is 0.520. The quantitative estimate of drug-likeness (QED) is 0.319. The maximum Gasteiger partial charge on any atom is 0.191 e. The molecule has 0 aliphatic carbocycles. The first-order valence-electron chi connectivity index (χ1n) is 9.79. The highest BCUT2D eigenvalue weighted by Crippen LogP contribution is 2.12. The third-order valence-electron chi connectivity index (χ3n) is 5.14. The van der Waals surface area contributed by atoms with Crippen molar-refractivity contribution in [2.45, 2.75) is 39.8 Å². The standard InChI is InChI=1S/C18H36N8.HI/c1-6-17-23-22-14-26(17)8-7-20-18(19-4)21-13-16(15(2)3)25-11-9-24(5)10-12-25;/h14-16H,6-13H2,1-5H3,(H2,19,20,21);1H. The van der Waals surface area contributed by atoms with Gasteiger partial charge in [0.1, 0.15) is 12.2 Å². The van der Waals surface area contributed by atoms with Crippen molar-refractivity contribution < 1.29 is 0 Å². The SMILES string of the molecule is CCc1nncn1CCNC(=NC)NCC(C(C)C)N1CCN(C)CC1.I. The van der Waals surface area contributed by atoms with Gasteiger partial charge in [-0.05, 0) is 13.0 Å². The Hall–Kier alpha value is -0.940. The summed E-state index contributed by atoms with van der Waals surface area (Å²) in [6.45, 7) is 13.8. The predicted octanol–water partition coefficient (Wildman–Crippen LogP) is 0.896. The molecule has 0 saturated carbocycles. The molecule has 8 nitrogen and oxygen atoms in total. The average Bonchev–Trinajstić information content (AvgIpc) is 3.09. The van der Waals surface area contributed by atoms with Gasteiger partial charge in [0, 0.05) is 65.3 Å². The Morgan fingerprint density at radius 3 is 2.52 bits per heavy atom. The summed E-state index contributed by atoms with van der Waals surface area (Å²) in [7, 11) is 4.03. The zero-order valence-corrected chi connectivity index (χ0v) is 19.8. The molecule has 1 unspecified atom stereocenters. The number of halogens is 1. The topological polar surface area (TPSA) is 73.6 Å². The number of aliphatic imine (C=N–C) groups is 1. The van der Waals surface area contributed by atoms with Gasteiger partial charge in [-0.25, -0.2) is 0 Å². The highest BCUT2D eigenvalue weighted by Gasteiger charge is 2.24. The lowest BCUT2D eigenvalue weighted by atomic mass is 10.0. The monoisotopic (exact) mass is 492 g/mol. The molecule has 9 heteroatoms. The molecule has 1 saturated heterocycles. The fourth-order valence-electron chi connectivity index (χ4n) is 3.40. The van der Waals surface area contributed by atoms with Crippen LogP contribution in [0.15, 0.2) is 11.3 Å². The van der Waals surface area contributed by atoms with Crippen molar-refractivity contribution >= 4 is 29.9 Å². The molecule has 1 aliphatic rings. The van der Waals surface area contributed by atoms with Crippen LogP contribution in [0.1, 0.15) is 26.6 Å². The molecular formula is C18H37IN8. The number of piperazine rings is 1. The van der Waals surface area contributed by atoms with Crippen LogP contribution < -0.4 is 10.6 Å². The summed E-state index contributed by atoms with van der Waals surface area (Å²) in [5, 5.41) is 15.0. The first kappa shape index (κ1) is 24.1. The van der Waals surface area contributed by atoms with Crippen molar-refractivity contribution in [3.05, 3.63) is 12.2 Å². The number of aryl methyl sites for hydroxylation is 1. The van der Waals surface area contributed by atoms with Crippen LogP contribution in [0.4, 0.5) is 0 Å². The van der Waals surface area contributed by atoms with Crippen molar-refractivity contribution in [1.29, 1.82) is 0 Å². The van der Waals surface area contributed by atoms with E-state index in [-0.39, 0.29) is 24.0 Å². The summed E-state index contributed by atoms with van der Waals surface area (Å²) < 4.78 is 2.08. The van der Waals surface area contributed by atoms with E-state index in [1.807, 2.05) is 7.05 Å².